The van der Waals surface area contributed by atoms with E-state index >= 15 is 0 Å². The molecule has 0 spiro atoms. The third-order valence-electron chi connectivity index (χ3n) is 1.52. The fourth-order valence-corrected chi connectivity index (χ4v) is 0.977. The highest BCUT2D eigenvalue weighted by molar-refractivity contribution is 6.44. The molecule has 4 heteroatoms. The fourth-order valence-electron chi connectivity index (χ4n) is 0.805. The summed E-state index contributed by atoms with van der Waals surface area (Å²) in [5.74, 6) is 0.542. The molecule has 0 unspecified atom stereocenters. The van der Waals surface area contributed by atoms with E-state index in [-0.39, 0.29) is 10.3 Å². The summed E-state index contributed by atoms with van der Waals surface area (Å²) < 4.78 is 5.10. The molecular weight excluding hydrogens is 223 g/mol. The molecule has 0 heterocycles. The molecule has 0 aliphatic heterocycles. The first kappa shape index (κ1) is 11.1. The van der Waals surface area contributed by atoms with E-state index in [1.54, 1.807) is 12.1 Å². The van der Waals surface area contributed by atoms with Gasteiger partial charge in [-0.25, -0.2) is 0 Å². The maximum absolute atomic E-state index is 10.2. The van der Waals surface area contributed by atoms with E-state index in [0.717, 1.165) is 5.56 Å². The van der Waals surface area contributed by atoms with Crippen molar-refractivity contribution >= 4 is 29.5 Å². The predicted molar refractivity (Wildman–Crippen MR) is 56.6 cm³/mol. The molecule has 0 aromatic heterocycles. The molecular formula is C10H8Cl2O2. The SMILES string of the molecule is Cc1ccc(O/C(Cl)=C(/Cl)C=O)cc1. The van der Waals surface area contributed by atoms with E-state index in [0.29, 0.717) is 12.0 Å². The molecule has 1 rings (SSSR count). The van der Waals surface area contributed by atoms with Crippen molar-refractivity contribution in [2.45, 2.75) is 6.92 Å². The zero-order valence-corrected chi connectivity index (χ0v) is 8.97. The highest BCUT2D eigenvalue weighted by Gasteiger charge is 2.02. The fraction of sp³-hybridized carbons (Fsp3) is 0.100. The Morgan fingerprint density at radius 2 is 1.86 bits per heavy atom. The van der Waals surface area contributed by atoms with Crippen LogP contribution in [0.4, 0.5) is 0 Å². The molecule has 0 aliphatic carbocycles. The van der Waals surface area contributed by atoms with Gasteiger partial charge in [0.2, 0.25) is 5.22 Å². The van der Waals surface area contributed by atoms with Crippen LogP contribution in [0.1, 0.15) is 5.56 Å². The Bertz CT molecular complexity index is 355. The van der Waals surface area contributed by atoms with Crippen molar-refractivity contribution < 1.29 is 9.53 Å². The Morgan fingerprint density at radius 3 is 2.36 bits per heavy atom. The van der Waals surface area contributed by atoms with Gasteiger partial charge in [-0.05, 0) is 30.7 Å². The first-order chi connectivity index (χ1) is 6.63. The number of benzene rings is 1. The van der Waals surface area contributed by atoms with Gasteiger partial charge < -0.3 is 4.74 Å². The zero-order chi connectivity index (χ0) is 10.6. The minimum absolute atomic E-state index is 0.120. The van der Waals surface area contributed by atoms with Gasteiger partial charge in [0.25, 0.3) is 0 Å². The minimum atomic E-state index is -0.146. The van der Waals surface area contributed by atoms with Crippen LogP contribution >= 0.6 is 23.2 Å². The third kappa shape index (κ3) is 3.05. The molecule has 0 radical (unpaired) electrons. The quantitative estimate of drug-likeness (QED) is 0.453. The van der Waals surface area contributed by atoms with Gasteiger partial charge >= 0.3 is 0 Å². The van der Waals surface area contributed by atoms with Gasteiger partial charge in [0.15, 0.2) is 6.29 Å². The third-order valence-corrected chi connectivity index (χ3v) is 2.16. The molecule has 0 N–H and O–H groups in total. The number of ether oxygens (including phenoxy) is 1. The van der Waals surface area contributed by atoms with Crippen molar-refractivity contribution in [2.24, 2.45) is 0 Å². The topological polar surface area (TPSA) is 26.3 Å². The number of halogens is 2. The van der Waals surface area contributed by atoms with Crippen LogP contribution in [0.3, 0.4) is 0 Å². The second-order valence-electron chi connectivity index (χ2n) is 2.65. The Morgan fingerprint density at radius 1 is 1.29 bits per heavy atom. The van der Waals surface area contributed by atoms with E-state index in [2.05, 4.69) is 0 Å². The number of carbonyl (C=O) groups excluding carboxylic acids is 1. The molecule has 0 aliphatic rings. The van der Waals surface area contributed by atoms with Crippen molar-refractivity contribution in [3.63, 3.8) is 0 Å². The highest BCUT2D eigenvalue weighted by Crippen LogP contribution is 2.19. The van der Waals surface area contributed by atoms with E-state index in [4.69, 9.17) is 27.9 Å². The van der Waals surface area contributed by atoms with Gasteiger partial charge in [-0.3, -0.25) is 4.79 Å². The predicted octanol–water partition coefficient (Wildman–Crippen LogP) is 3.22. The lowest BCUT2D eigenvalue weighted by atomic mass is 10.2. The summed E-state index contributed by atoms with van der Waals surface area (Å²) in [7, 11) is 0. The van der Waals surface area contributed by atoms with Gasteiger partial charge in [0.05, 0.1) is 0 Å². The molecule has 0 saturated heterocycles. The summed E-state index contributed by atoms with van der Waals surface area (Å²) in [6, 6.07) is 7.22. The summed E-state index contributed by atoms with van der Waals surface area (Å²) in [5.41, 5.74) is 1.11. The average molecular weight is 231 g/mol. The van der Waals surface area contributed by atoms with Crippen LogP contribution in [0, 0.1) is 6.92 Å². The van der Waals surface area contributed by atoms with Gasteiger partial charge in [-0.2, -0.15) is 0 Å². The molecule has 74 valence electrons. The summed E-state index contributed by atoms with van der Waals surface area (Å²) in [4.78, 5) is 10.2. The normalized spacial score (nSPS) is 11.9. The van der Waals surface area contributed by atoms with Crippen LogP contribution < -0.4 is 4.74 Å². The van der Waals surface area contributed by atoms with E-state index in [1.165, 1.54) is 0 Å². The lowest BCUT2D eigenvalue weighted by Gasteiger charge is -2.03. The second-order valence-corrected chi connectivity index (χ2v) is 3.41. The number of hydrogen-bond acceptors (Lipinski definition) is 2. The van der Waals surface area contributed by atoms with Crippen LogP contribution in [0.25, 0.3) is 0 Å². The average Bonchev–Trinajstić information content (AvgIpc) is 2.20. The van der Waals surface area contributed by atoms with E-state index < -0.39 is 0 Å². The largest absolute Gasteiger partial charge is 0.444 e. The molecule has 1 aromatic rings. The van der Waals surface area contributed by atoms with Gasteiger partial charge in [0.1, 0.15) is 10.8 Å². The number of aryl methyl sites for hydroxylation is 1. The van der Waals surface area contributed by atoms with Crippen LogP contribution in [0.2, 0.25) is 0 Å². The van der Waals surface area contributed by atoms with Crippen molar-refractivity contribution in [3.8, 4) is 5.75 Å². The van der Waals surface area contributed by atoms with Crippen LogP contribution in [0.5, 0.6) is 5.75 Å². The first-order valence-corrected chi connectivity index (χ1v) is 4.64. The maximum atomic E-state index is 10.2. The maximum Gasteiger partial charge on any atom is 0.215 e. The second kappa shape index (κ2) is 5.03. The van der Waals surface area contributed by atoms with Crippen LogP contribution in [-0.2, 0) is 4.79 Å². The van der Waals surface area contributed by atoms with Crippen LogP contribution in [0.15, 0.2) is 34.5 Å². The number of allylic oxidation sites excluding steroid dienone is 1. The molecule has 0 amide bonds. The lowest BCUT2D eigenvalue weighted by molar-refractivity contribution is -0.104. The summed E-state index contributed by atoms with van der Waals surface area (Å²) in [5, 5.41) is -0.266. The summed E-state index contributed by atoms with van der Waals surface area (Å²) in [6.45, 7) is 1.96. The van der Waals surface area contributed by atoms with Crippen molar-refractivity contribution in [3.05, 3.63) is 40.1 Å². The molecule has 14 heavy (non-hydrogen) atoms. The van der Waals surface area contributed by atoms with Crippen molar-refractivity contribution in [1.29, 1.82) is 0 Å². The van der Waals surface area contributed by atoms with Crippen molar-refractivity contribution in [1.82, 2.24) is 0 Å². The highest BCUT2D eigenvalue weighted by atomic mass is 35.5. The van der Waals surface area contributed by atoms with Gasteiger partial charge in [0, 0.05) is 0 Å². The van der Waals surface area contributed by atoms with E-state index in [9.17, 15) is 4.79 Å². The van der Waals surface area contributed by atoms with Gasteiger partial charge in [-0.15, -0.1) is 0 Å². The lowest BCUT2D eigenvalue weighted by Crippen LogP contribution is -1.91. The van der Waals surface area contributed by atoms with Crippen molar-refractivity contribution in [2.75, 3.05) is 0 Å². The molecule has 0 atom stereocenters. The molecule has 2 nitrogen and oxygen atoms in total. The molecule has 0 fully saturated rings. The van der Waals surface area contributed by atoms with Gasteiger partial charge in [-0.1, -0.05) is 29.3 Å². The minimum Gasteiger partial charge on any atom is -0.444 e. The number of hydrogen-bond donors (Lipinski definition) is 0. The van der Waals surface area contributed by atoms with E-state index in [1.807, 2.05) is 19.1 Å². The Balaban J connectivity index is 2.79. The summed E-state index contributed by atoms with van der Waals surface area (Å²) >= 11 is 11.1. The van der Waals surface area contributed by atoms with Crippen LogP contribution in [-0.4, -0.2) is 6.29 Å². The number of aldehydes is 1. The number of rotatable bonds is 3. The standard InChI is InChI=1S/C10H8Cl2O2/c1-7-2-4-8(5-3-7)14-10(12)9(11)6-13/h2-6H,1H3/b10-9+. The Kier molecular flexibility index (Phi) is 3.98. The Labute approximate surface area is 92.1 Å². The monoisotopic (exact) mass is 230 g/mol. The molecule has 1 aromatic carbocycles. The first-order valence-electron chi connectivity index (χ1n) is 3.88. The molecule has 0 saturated carbocycles. The zero-order valence-electron chi connectivity index (χ0n) is 7.46. The molecule has 0 bridgehead atoms. The Hall–Kier alpha value is -0.990. The smallest absolute Gasteiger partial charge is 0.215 e. The number of carbonyl (C=O) groups is 1. The summed E-state index contributed by atoms with van der Waals surface area (Å²) in [6.07, 6.45) is 0.429.